The van der Waals surface area contributed by atoms with Crippen LogP contribution in [-0.2, 0) is 0 Å². The van der Waals surface area contributed by atoms with Crippen LogP contribution < -0.4 is 0 Å². The Hall–Kier alpha value is -1.01. The van der Waals surface area contributed by atoms with E-state index < -0.39 is 0 Å². The van der Waals surface area contributed by atoms with Gasteiger partial charge < -0.3 is 4.90 Å². The number of likely N-dealkylation sites (N-methyl/N-ethyl adjacent to an activating group) is 1. The van der Waals surface area contributed by atoms with Crippen LogP contribution in [0, 0.1) is 0 Å². The Morgan fingerprint density at radius 2 is 1.81 bits per heavy atom. The summed E-state index contributed by atoms with van der Waals surface area (Å²) in [6.45, 7) is 6.77. The molecule has 1 aromatic heterocycles. The quantitative estimate of drug-likeness (QED) is 0.848. The van der Waals surface area contributed by atoms with Crippen molar-refractivity contribution in [3.8, 4) is 0 Å². The van der Waals surface area contributed by atoms with Crippen LogP contribution in [0.25, 0.3) is 0 Å². The van der Waals surface area contributed by atoms with E-state index in [9.17, 15) is 0 Å². The predicted octanol–water partition coefficient (Wildman–Crippen LogP) is 1.88. The molecule has 0 bridgehead atoms. The van der Waals surface area contributed by atoms with E-state index in [1.807, 2.05) is 0 Å². The van der Waals surface area contributed by atoms with Crippen LogP contribution in [0.4, 0.5) is 0 Å². The molecule has 1 saturated carbocycles. The Bertz CT molecular complexity index is 431. The highest BCUT2D eigenvalue weighted by molar-refractivity contribution is 4.96. The molecule has 6 heteroatoms. The zero-order chi connectivity index (χ0) is 14.7. The van der Waals surface area contributed by atoms with Gasteiger partial charge in [-0.05, 0) is 36.7 Å². The third kappa shape index (κ3) is 3.26. The van der Waals surface area contributed by atoms with Crippen LogP contribution in [0.2, 0.25) is 0 Å². The molecule has 1 aliphatic carbocycles. The third-order valence-corrected chi connectivity index (χ3v) is 5.10. The molecule has 1 aromatic rings. The topological polar surface area (TPSA) is 50.1 Å². The summed E-state index contributed by atoms with van der Waals surface area (Å²) in [5, 5.41) is 12.7. The summed E-state index contributed by atoms with van der Waals surface area (Å²) in [4.78, 5) is 4.96. The van der Waals surface area contributed by atoms with E-state index in [1.165, 1.54) is 32.1 Å². The van der Waals surface area contributed by atoms with E-state index in [-0.39, 0.29) is 0 Å². The lowest BCUT2D eigenvalue weighted by Gasteiger charge is -2.37. The fraction of sp³-hybridized carbons (Fsp3) is 0.933. The number of tetrazole rings is 1. The van der Waals surface area contributed by atoms with Gasteiger partial charge in [-0.1, -0.05) is 26.2 Å². The number of nitrogens with zero attached hydrogens (tertiary/aromatic N) is 6. The molecule has 0 radical (unpaired) electrons. The highest BCUT2D eigenvalue weighted by Crippen LogP contribution is 2.31. The van der Waals surface area contributed by atoms with Gasteiger partial charge >= 0.3 is 0 Å². The molecule has 0 spiro atoms. The number of piperazine rings is 1. The van der Waals surface area contributed by atoms with Gasteiger partial charge in [0, 0.05) is 26.2 Å². The largest absolute Gasteiger partial charge is 0.304 e. The second-order valence-electron chi connectivity index (χ2n) is 6.54. The summed E-state index contributed by atoms with van der Waals surface area (Å²) < 4.78 is 2.14. The highest BCUT2D eigenvalue weighted by atomic mass is 15.6. The van der Waals surface area contributed by atoms with Crippen molar-refractivity contribution >= 4 is 0 Å². The van der Waals surface area contributed by atoms with E-state index in [0.29, 0.717) is 12.1 Å². The molecule has 1 aliphatic heterocycles. The smallest absolute Gasteiger partial charge is 0.168 e. The summed E-state index contributed by atoms with van der Waals surface area (Å²) >= 11 is 0. The maximum atomic E-state index is 4.40. The Morgan fingerprint density at radius 3 is 2.48 bits per heavy atom. The van der Waals surface area contributed by atoms with Gasteiger partial charge in [0.15, 0.2) is 5.82 Å². The van der Waals surface area contributed by atoms with Crippen molar-refractivity contribution in [2.45, 2.75) is 57.5 Å². The lowest BCUT2D eigenvalue weighted by molar-refractivity contribution is 0.100. The van der Waals surface area contributed by atoms with E-state index >= 15 is 0 Å². The van der Waals surface area contributed by atoms with Crippen LogP contribution in [-0.4, -0.2) is 63.2 Å². The van der Waals surface area contributed by atoms with Gasteiger partial charge in [0.2, 0.25) is 0 Å². The maximum Gasteiger partial charge on any atom is 0.168 e. The van der Waals surface area contributed by atoms with Gasteiger partial charge in [0.25, 0.3) is 0 Å². The van der Waals surface area contributed by atoms with Crippen LogP contribution in [0.3, 0.4) is 0 Å². The lowest BCUT2D eigenvalue weighted by atomic mass is 9.95. The second kappa shape index (κ2) is 6.83. The molecule has 0 aromatic carbocycles. The van der Waals surface area contributed by atoms with Crippen molar-refractivity contribution in [2.24, 2.45) is 0 Å². The minimum absolute atomic E-state index is 0.371. The van der Waals surface area contributed by atoms with Crippen molar-refractivity contribution in [3.63, 3.8) is 0 Å². The van der Waals surface area contributed by atoms with Gasteiger partial charge in [-0.3, -0.25) is 4.90 Å². The van der Waals surface area contributed by atoms with Gasteiger partial charge in [-0.2, -0.15) is 0 Å². The number of hydrogen-bond acceptors (Lipinski definition) is 5. The minimum atomic E-state index is 0.371. The lowest BCUT2D eigenvalue weighted by Crippen LogP contribution is -2.46. The van der Waals surface area contributed by atoms with Gasteiger partial charge in [-0.25, -0.2) is 4.68 Å². The summed E-state index contributed by atoms with van der Waals surface area (Å²) in [6, 6.07) is 0.890. The Balaban J connectivity index is 1.76. The molecule has 118 valence electrons. The van der Waals surface area contributed by atoms with Crippen molar-refractivity contribution in [2.75, 3.05) is 33.2 Å². The fourth-order valence-electron chi connectivity index (χ4n) is 3.74. The van der Waals surface area contributed by atoms with Crippen molar-refractivity contribution in [1.82, 2.24) is 30.0 Å². The summed E-state index contributed by atoms with van der Waals surface area (Å²) in [7, 11) is 2.20. The predicted molar refractivity (Wildman–Crippen MR) is 82.0 cm³/mol. The normalized spacial score (nSPS) is 24.3. The number of hydrogen-bond donors (Lipinski definition) is 0. The summed E-state index contributed by atoms with van der Waals surface area (Å²) in [5.41, 5.74) is 0. The second-order valence-corrected chi connectivity index (χ2v) is 6.54. The average molecular weight is 292 g/mol. The van der Waals surface area contributed by atoms with Crippen molar-refractivity contribution < 1.29 is 0 Å². The van der Waals surface area contributed by atoms with Gasteiger partial charge in [0.1, 0.15) is 0 Å². The first-order valence-electron chi connectivity index (χ1n) is 8.50. The zero-order valence-electron chi connectivity index (χ0n) is 13.4. The monoisotopic (exact) mass is 292 g/mol. The molecule has 1 atom stereocenters. The van der Waals surface area contributed by atoms with Crippen molar-refractivity contribution in [1.29, 1.82) is 0 Å². The highest BCUT2D eigenvalue weighted by Gasteiger charge is 2.29. The molecule has 2 aliphatic rings. The molecule has 21 heavy (non-hydrogen) atoms. The molecule has 2 fully saturated rings. The van der Waals surface area contributed by atoms with E-state index in [0.717, 1.165) is 38.4 Å². The Morgan fingerprint density at radius 1 is 1.10 bits per heavy atom. The van der Waals surface area contributed by atoms with Crippen LogP contribution in [0.1, 0.15) is 63.4 Å². The summed E-state index contributed by atoms with van der Waals surface area (Å²) in [6.07, 6.45) is 7.54. The zero-order valence-corrected chi connectivity index (χ0v) is 13.4. The van der Waals surface area contributed by atoms with E-state index in [4.69, 9.17) is 0 Å². The fourth-order valence-corrected chi connectivity index (χ4v) is 3.74. The Kier molecular flexibility index (Phi) is 4.85. The first kappa shape index (κ1) is 14.9. The first-order valence-corrected chi connectivity index (χ1v) is 8.50. The SMILES string of the molecule is CCC(c1nnnn1C1CCCCC1)N1CCN(C)CC1. The van der Waals surface area contributed by atoms with Crippen LogP contribution >= 0.6 is 0 Å². The van der Waals surface area contributed by atoms with Crippen LogP contribution in [0.15, 0.2) is 0 Å². The van der Waals surface area contributed by atoms with Gasteiger partial charge in [0.05, 0.1) is 12.1 Å². The van der Waals surface area contributed by atoms with Crippen LogP contribution in [0.5, 0.6) is 0 Å². The number of aromatic nitrogens is 4. The van der Waals surface area contributed by atoms with E-state index in [2.05, 4.69) is 44.0 Å². The third-order valence-electron chi connectivity index (χ3n) is 5.10. The molecule has 6 nitrogen and oxygen atoms in total. The summed E-state index contributed by atoms with van der Waals surface area (Å²) in [5.74, 6) is 1.09. The molecule has 0 N–H and O–H groups in total. The van der Waals surface area contributed by atoms with Crippen molar-refractivity contribution in [3.05, 3.63) is 5.82 Å². The van der Waals surface area contributed by atoms with Gasteiger partial charge in [-0.15, -0.1) is 5.10 Å². The van der Waals surface area contributed by atoms with E-state index in [1.54, 1.807) is 0 Å². The maximum absolute atomic E-state index is 4.40. The molecular formula is C15H28N6. The first-order chi connectivity index (χ1) is 10.3. The molecule has 3 rings (SSSR count). The molecule has 0 amide bonds. The molecule has 1 saturated heterocycles. The Labute approximate surface area is 127 Å². The standard InChI is InChI=1S/C15H28N6/c1-3-14(20-11-9-19(2)10-12-20)15-16-17-18-21(15)13-7-5-4-6-8-13/h13-14H,3-12H2,1-2H3. The molecular weight excluding hydrogens is 264 g/mol. The minimum Gasteiger partial charge on any atom is -0.304 e. The molecule has 2 heterocycles. The molecule has 1 unspecified atom stereocenters. The average Bonchev–Trinajstić information content (AvgIpc) is 3.00. The number of rotatable bonds is 4.